The van der Waals surface area contributed by atoms with E-state index >= 15 is 0 Å². The summed E-state index contributed by atoms with van der Waals surface area (Å²) in [6, 6.07) is 17.5. The molecule has 1 aliphatic heterocycles. The zero-order valence-corrected chi connectivity index (χ0v) is 14.9. The van der Waals surface area contributed by atoms with Crippen LogP contribution in [-0.2, 0) is 6.42 Å². The van der Waals surface area contributed by atoms with Crippen molar-refractivity contribution < 1.29 is 14.3 Å². The second kappa shape index (κ2) is 6.71. The summed E-state index contributed by atoms with van der Waals surface area (Å²) in [5, 5.41) is 5.13. The molecule has 1 amide bonds. The van der Waals surface area contributed by atoms with Crippen molar-refractivity contribution in [2.24, 2.45) is 0 Å². The number of carbonyl (C=O) groups is 1. The molecule has 0 aromatic heterocycles. The van der Waals surface area contributed by atoms with Crippen molar-refractivity contribution in [2.45, 2.75) is 26.4 Å². The first-order valence-corrected chi connectivity index (χ1v) is 8.90. The molecule has 0 fully saturated rings. The fraction of sp³-hybridized carbons (Fsp3) is 0.227. The van der Waals surface area contributed by atoms with Crippen molar-refractivity contribution in [1.82, 2.24) is 0 Å². The molecule has 4 heteroatoms. The van der Waals surface area contributed by atoms with Crippen LogP contribution in [-0.4, -0.2) is 18.6 Å². The number of rotatable bonds is 4. The smallest absolute Gasteiger partial charge is 0.255 e. The van der Waals surface area contributed by atoms with Crippen LogP contribution in [0.2, 0.25) is 0 Å². The average Bonchev–Trinajstić information content (AvgIpc) is 3.00. The number of amides is 1. The van der Waals surface area contributed by atoms with E-state index in [0.717, 1.165) is 28.5 Å². The molecule has 0 aliphatic carbocycles. The van der Waals surface area contributed by atoms with E-state index in [4.69, 9.17) is 9.47 Å². The first kappa shape index (κ1) is 16.5. The lowest BCUT2D eigenvalue weighted by Gasteiger charge is -2.14. The molecular formula is C22H21NO3. The molecule has 132 valence electrons. The molecule has 3 aromatic rings. The quantitative estimate of drug-likeness (QED) is 0.736. The zero-order chi connectivity index (χ0) is 18.1. The summed E-state index contributed by atoms with van der Waals surface area (Å²) >= 11 is 0. The number of nitrogens with one attached hydrogen (secondary N) is 1. The number of hydrogen-bond acceptors (Lipinski definition) is 3. The highest BCUT2D eigenvalue weighted by atomic mass is 16.5. The van der Waals surface area contributed by atoms with E-state index < -0.39 is 0 Å². The van der Waals surface area contributed by atoms with Gasteiger partial charge < -0.3 is 14.8 Å². The van der Waals surface area contributed by atoms with Gasteiger partial charge >= 0.3 is 0 Å². The highest BCUT2D eigenvalue weighted by molar-refractivity contribution is 6.07. The zero-order valence-electron chi connectivity index (χ0n) is 14.9. The van der Waals surface area contributed by atoms with E-state index in [9.17, 15) is 4.79 Å². The minimum atomic E-state index is -0.164. The minimum absolute atomic E-state index is 0.144. The maximum atomic E-state index is 12.8. The molecule has 4 nitrogen and oxygen atoms in total. The molecule has 4 rings (SSSR count). The van der Waals surface area contributed by atoms with Crippen molar-refractivity contribution >= 4 is 22.4 Å². The number of carbonyl (C=O) groups excluding carboxylic acids is 1. The molecule has 0 spiro atoms. The van der Waals surface area contributed by atoms with Crippen LogP contribution in [0.4, 0.5) is 5.69 Å². The fourth-order valence-corrected chi connectivity index (χ4v) is 3.34. The maximum Gasteiger partial charge on any atom is 0.255 e. The Morgan fingerprint density at radius 2 is 1.96 bits per heavy atom. The Hall–Kier alpha value is -3.01. The lowest BCUT2D eigenvalue weighted by Crippen LogP contribution is -2.13. The fourth-order valence-electron chi connectivity index (χ4n) is 3.34. The third-order valence-corrected chi connectivity index (χ3v) is 4.56. The van der Waals surface area contributed by atoms with Gasteiger partial charge in [0.25, 0.3) is 5.91 Å². The summed E-state index contributed by atoms with van der Waals surface area (Å²) in [5.41, 5.74) is 2.36. The van der Waals surface area contributed by atoms with Crippen LogP contribution >= 0.6 is 0 Å². The first-order chi connectivity index (χ1) is 12.6. The van der Waals surface area contributed by atoms with E-state index in [0.29, 0.717) is 23.6 Å². The summed E-state index contributed by atoms with van der Waals surface area (Å²) in [6.45, 7) is 4.50. The molecule has 0 saturated carbocycles. The van der Waals surface area contributed by atoms with Crippen LogP contribution in [0.1, 0.15) is 29.8 Å². The number of fused-ring (bicyclic) bond motifs is 2. The average molecular weight is 347 g/mol. The van der Waals surface area contributed by atoms with Crippen LogP contribution in [0.3, 0.4) is 0 Å². The van der Waals surface area contributed by atoms with Gasteiger partial charge in [0.2, 0.25) is 0 Å². The molecule has 3 aromatic carbocycles. The highest BCUT2D eigenvalue weighted by Crippen LogP contribution is 2.38. The summed E-state index contributed by atoms with van der Waals surface area (Å²) in [4.78, 5) is 12.8. The predicted molar refractivity (Wildman–Crippen MR) is 103 cm³/mol. The molecule has 26 heavy (non-hydrogen) atoms. The Kier molecular flexibility index (Phi) is 4.25. The summed E-state index contributed by atoms with van der Waals surface area (Å²) in [6.07, 6.45) is 1.000. The van der Waals surface area contributed by atoms with Gasteiger partial charge in [-0.1, -0.05) is 30.3 Å². The van der Waals surface area contributed by atoms with Crippen LogP contribution in [0.5, 0.6) is 11.5 Å². The Labute approximate surface area is 152 Å². The largest absolute Gasteiger partial charge is 0.492 e. The van der Waals surface area contributed by atoms with E-state index in [-0.39, 0.29) is 12.0 Å². The number of ether oxygens (including phenoxy) is 2. The topological polar surface area (TPSA) is 47.6 Å². The van der Waals surface area contributed by atoms with E-state index in [1.807, 2.05) is 68.4 Å². The monoisotopic (exact) mass is 347 g/mol. The predicted octanol–water partition coefficient (Wildman–Crippen LogP) is 4.81. The first-order valence-electron chi connectivity index (χ1n) is 8.90. The summed E-state index contributed by atoms with van der Waals surface area (Å²) < 4.78 is 11.6. The molecule has 1 N–H and O–H groups in total. The SMILES string of the molecule is CCOc1cc2c(cc1NC(=O)c1ccc3ccccc3c1)OC(C)C2. The second-order valence-corrected chi connectivity index (χ2v) is 6.54. The van der Waals surface area contributed by atoms with Gasteiger partial charge in [0.15, 0.2) is 0 Å². The third-order valence-electron chi connectivity index (χ3n) is 4.56. The van der Waals surface area contributed by atoms with Gasteiger partial charge in [-0.25, -0.2) is 0 Å². The lowest BCUT2D eigenvalue weighted by molar-refractivity contribution is 0.102. The van der Waals surface area contributed by atoms with E-state index in [2.05, 4.69) is 5.32 Å². The van der Waals surface area contributed by atoms with Gasteiger partial charge in [-0.05, 0) is 42.8 Å². The molecule has 1 atom stereocenters. The van der Waals surface area contributed by atoms with Crippen molar-refractivity contribution in [2.75, 3.05) is 11.9 Å². The van der Waals surface area contributed by atoms with Crippen molar-refractivity contribution in [1.29, 1.82) is 0 Å². The summed E-state index contributed by atoms with van der Waals surface area (Å²) in [7, 11) is 0. The van der Waals surface area contributed by atoms with Crippen LogP contribution in [0.15, 0.2) is 54.6 Å². The van der Waals surface area contributed by atoms with Crippen molar-refractivity contribution in [3.8, 4) is 11.5 Å². The van der Waals surface area contributed by atoms with Gasteiger partial charge in [0.05, 0.1) is 12.3 Å². The Morgan fingerprint density at radius 3 is 2.77 bits per heavy atom. The number of benzene rings is 3. The molecular weight excluding hydrogens is 326 g/mol. The van der Waals surface area contributed by atoms with Crippen LogP contribution in [0.25, 0.3) is 10.8 Å². The Balaban J connectivity index is 1.65. The molecule has 0 radical (unpaired) electrons. The van der Waals surface area contributed by atoms with Crippen LogP contribution in [0, 0.1) is 0 Å². The molecule has 1 aliphatic rings. The van der Waals surface area contributed by atoms with E-state index in [1.54, 1.807) is 0 Å². The van der Waals surface area contributed by atoms with Gasteiger partial charge in [0, 0.05) is 23.6 Å². The molecule has 1 heterocycles. The highest BCUT2D eigenvalue weighted by Gasteiger charge is 2.22. The number of anilines is 1. The molecule has 0 saturated heterocycles. The Morgan fingerprint density at radius 1 is 1.15 bits per heavy atom. The summed E-state index contributed by atoms with van der Waals surface area (Å²) in [5.74, 6) is 1.33. The molecule has 1 unspecified atom stereocenters. The normalized spacial score (nSPS) is 15.4. The van der Waals surface area contributed by atoms with Gasteiger partial charge in [-0.3, -0.25) is 4.79 Å². The lowest BCUT2D eigenvalue weighted by atomic mass is 10.1. The standard InChI is InChI=1S/C22H21NO3/c1-3-25-21-12-18-10-14(2)26-20(18)13-19(21)23-22(24)17-9-8-15-6-4-5-7-16(15)11-17/h4-9,11-14H,3,10H2,1-2H3,(H,23,24). The third kappa shape index (κ3) is 3.10. The van der Waals surface area contributed by atoms with Crippen molar-refractivity contribution in [3.63, 3.8) is 0 Å². The minimum Gasteiger partial charge on any atom is -0.492 e. The second-order valence-electron chi connectivity index (χ2n) is 6.54. The van der Waals surface area contributed by atoms with Crippen molar-refractivity contribution in [3.05, 3.63) is 65.7 Å². The maximum absolute atomic E-state index is 12.8. The van der Waals surface area contributed by atoms with Gasteiger partial charge in [-0.2, -0.15) is 0 Å². The number of hydrogen-bond donors (Lipinski definition) is 1. The van der Waals surface area contributed by atoms with Gasteiger partial charge in [0.1, 0.15) is 17.6 Å². The van der Waals surface area contributed by atoms with E-state index in [1.165, 1.54) is 0 Å². The van der Waals surface area contributed by atoms with Crippen LogP contribution < -0.4 is 14.8 Å². The van der Waals surface area contributed by atoms with Gasteiger partial charge in [-0.15, -0.1) is 0 Å². The molecule has 0 bridgehead atoms. The Bertz CT molecular complexity index is 980.